The van der Waals surface area contributed by atoms with E-state index in [0.717, 1.165) is 0 Å². The Kier molecular flexibility index (Phi) is 6.22. The predicted octanol–water partition coefficient (Wildman–Crippen LogP) is 4.50. The van der Waals surface area contributed by atoms with Crippen molar-refractivity contribution in [2.24, 2.45) is 0 Å². The molecule has 0 saturated carbocycles. The Morgan fingerprint density at radius 3 is 1.41 bits per heavy atom. The minimum Gasteiger partial charge on any atom is -0.432 e. The first-order valence-electron chi connectivity index (χ1n) is 14.6. The lowest BCUT2D eigenvalue weighted by atomic mass is 9.95. The maximum absolute atomic E-state index is 13.5. The maximum atomic E-state index is 13.5. The van der Waals surface area contributed by atoms with E-state index in [1.807, 2.05) is 21.7 Å². The molecule has 4 aromatic rings. The SMILES string of the molecule is CN(C1CCN1C1=CC(=O)c2nc(-c3ccc(F)cc3)oc2C1=O)C1CCN1C1=CC(=O)c2nc(-c3ccc(F)cc3)oc2C1=O. The van der Waals surface area contributed by atoms with Gasteiger partial charge < -0.3 is 18.6 Å². The molecule has 11 nitrogen and oxygen atoms in total. The number of halogens is 2. The molecule has 4 aliphatic rings. The van der Waals surface area contributed by atoms with Crippen molar-refractivity contribution in [2.75, 3.05) is 20.1 Å². The van der Waals surface area contributed by atoms with Gasteiger partial charge in [0.05, 0.1) is 23.7 Å². The van der Waals surface area contributed by atoms with Crippen LogP contribution in [0.15, 0.2) is 80.9 Å². The number of nitrogens with zero attached hydrogens (tertiary/aromatic N) is 5. The number of benzene rings is 2. The fourth-order valence-corrected chi connectivity index (χ4v) is 6.24. The monoisotopic (exact) mass is 623 g/mol. The van der Waals surface area contributed by atoms with Crippen LogP contribution in [0.2, 0.25) is 0 Å². The molecule has 13 heteroatoms. The first-order valence-corrected chi connectivity index (χ1v) is 14.6. The zero-order chi connectivity index (χ0) is 31.9. The van der Waals surface area contributed by atoms with E-state index in [-0.39, 0.29) is 58.4 Å². The number of ketones is 4. The van der Waals surface area contributed by atoms with Gasteiger partial charge in [-0.2, -0.15) is 0 Å². The lowest BCUT2D eigenvalue weighted by Gasteiger charge is -2.56. The van der Waals surface area contributed by atoms with Crippen LogP contribution >= 0.6 is 0 Å². The molecular formula is C33H23F2N5O6. The van der Waals surface area contributed by atoms with Crippen molar-refractivity contribution >= 4 is 23.1 Å². The number of rotatable bonds is 6. The van der Waals surface area contributed by atoms with Crippen molar-refractivity contribution in [2.45, 2.75) is 25.2 Å². The molecular weight excluding hydrogens is 600 g/mol. The van der Waals surface area contributed by atoms with E-state index >= 15 is 0 Å². The van der Waals surface area contributed by atoms with E-state index in [9.17, 15) is 28.0 Å². The van der Waals surface area contributed by atoms with Crippen LogP contribution in [-0.4, -0.2) is 80.3 Å². The standard InChI is InChI=1S/C33H23F2N5O6/c1-38(24-10-12-39(24)20-14-22(41)26-30(28(20)43)45-32(36-26)16-2-6-18(34)7-3-16)25-11-13-40(25)21-15-23(42)27-31(29(21)44)46-33(37-27)17-4-8-19(35)9-5-17/h2-9,14-15,24-25H,10-13H2,1H3. The van der Waals surface area contributed by atoms with Gasteiger partial charge in [0.1, 0.15) is 11.6 Å². The van der Waals surface area contributed by atoms with Gasteiger partial charge in [0.25, 0.3) is 0 Å². The summed E-state index contributed by atoms with van der Waals surface area (Å²) in [5.74, 6) is -3.04. The molecule has 0 amide bonds. The van der Waals surface area contributed by atoms with Gasteiger partial charge in [-0.15, -0.1) is 0 Å². The third kappa shape index (κ3) is 4.26. The fraction of sp³-hybridized carbons (Fsp3) is 0.212. The Labute approximate surface area is 259 Å². The van der Waals surface area contributed by atoms with Crippen LogP contribution in [-0.2, 0) is 0 Å². The largest absolute Gasteiger partial charge is 0.432 e. The van der Waals surface area contributed by atoms with E-state index in [1.165, 1.54) is 60.7 Å². The number of hydrogen-bond acceptors (Lipinski definition) is 11. The molecule has 2 fully saturated rings. The minimum atomic E-state index is -0.482. The van der Waals surface area contributed by atoms with Gasteiger partial charge in [-0.3, -0.25) is 24.1 Å². The molecule has 4 heterocycles. The quantitative estimate of drug-likeness (QED) is 0.301. The second-order valence-corrected chi connectivity index (χ2v) is 11.4. The molecule has 2 aliphatic heterocycles. The normalized spacial score (nSPS) is 20.7. The topological polar surface area (TPSA) is 130 Å². The summed E-state index contributed by atoms with van der Waals surface area (Å²) in [6, 6.07) is 10.8. The summed E-state index contributed by atoms with van der Waals surface area (Å²) in [5, 5.41) is 0. The summed E-state index contributed by atoms with van der Waals surface area (Å²) in [6.45, 7) is 1.02. The van der Waals surface area contributed by atoms with Crippen molar-refractivity contribution in [1.82, 2.24) is 24.7 Å². The van der Waals surface area contributed by atoms with Crippen LogP contribution in [0.4, 0.5) is 8.78 Å². The van der Waals surface area contributed by atoms with Gasteiger partial charge in [-0.25, -0.2) is 18.7 Å². The van der Waals surface area contributed by atoms with Gasteiger partial charge in [-0.1, -0.05) is 0 Å². The molecule has 2 saturated heterocycles. The lowest BCUT2D eigenvalue weighted by Crippen LogP contribution is -2.66. The van der Waals surface area contributed by atoms with Crippen molar-refractivity contribution in [3.05, 3.63) is 107 Å². The number of aromatic nitrogens is 2. The highest BCUT2D eigenvalue weighted by atomic mass is 19.1. The average molecular weight is 624 g/mol. The van der Waals surface area contributed by atoms with Crippen molar-refractivity contribution < 1.29 is 36.8 Å². The van der Waals surface area contributed by atoms with Crippen molar-refractivity contribution in [1.29, 1.82) is 0 Å². The van der Waals surface area contributed by atoms with Crippen LogP contribution in [0, 0.1) is 11.6 Å². The molecule has 2 atom stereocenters. The van der Waals surface area contributed by atoms with Crippen LogP contribution in [0.1, 0.15) is 54.9 Å². The molecule has 0 radical (unpaired) electrons. The third-order valence-electron chi connectivity index (χ3n) is 8.85. The molecule has 2 unspecified atom stereocenters. The number of allylic oxidation sites excluding steroid dienone is 4. The number of Topliss-reactive ketones (excluding diaryl/α,β-unsaturated/α-hetero) is 2. The number of oxazole rings is 2. The van der Waals surface area contributed by atoms with E-state index in [1.54, 1.807) is 0 Å². The second kappa shape index (κ2) is 10.2. The maximum Gasteiger partial charge on any atom is 0.246 e. The zero-order valence-electron chi connectivity index (χ0n) is 24.2. The molecule has 0 bridgehead atoms. The molecule has 0 N–H and O–H groups in total. The highest BCUT2D eigenvalue weighted by Crippen LogP contribution is 2.38. The number of carbonyl (C=O) groups excluding carboxylic acids is 4. The van der Waals surface area contributed by atoms with Crippen LogP contribution in [0.25, 0.3) is 22.9 Å². The molecule has 2 aromatic heterocycles. The van der Waals surface area contributed by atoms with Crippen LogP contribution in [0.5, 0.6) is 0 Å². The summed E-state index contributed by atoms with van der Waals surface area (Å²) in [6.07, 6.45) is 3.33. The van der Waals surface area contributed by atoms with E-state index in [4.69, 9.17) is 8.83 Å². The first-order chi connectivity index (χ1) is 22.2. The molecule has 2 aliphatic carbocycles. The Hall–Kier alpha value is -5.56. The smallest absolute Gasteiger partial charge is 0.246 e. The third-order valence-corrected chi connectivity index (χ3v) is 8.85. The summed E-state index contributed by atoms with van der Waals surface area (Å²) in [5.41, 5.74) is 1.03. The highest BCUT2D eigenvalue weighted by molar-refractivity contribution is 6.23. The second-order valence-electron chi connectivity index (χ2n) is 11.4. The zero-order valence-corrected chi connectivity index (χ0v) is 24.2. The Morgan fingerprint density at radius 1 is 0.674 bits per heavy atom. The van der Waals surface area contributed by atoms with Crippen LogP contribution in [0.3, 0.4) is 0 Å². The van der Waals surface area contributed by atoms with Crippen molar-refractivity contribution in [3.8, 4) is 22.9 Å². The molecule has 0 spiro atoms. The van der Waals surface area contributed by atoms with Gasteiger partial charge in [0, 0.05) is 36.4 Å². The van der Waals surface area contributed by atoms with Crippen molar-refractivity contribution in [3.63, 3.8) is 0 Å². The fourth-order valence-electron chi connectivity index (χ4n) is 6.24. The van der Waals surface area contributed by atoms with Gasteiger partial charge in [0.2, 0.25) is 46.4 Å². The predicted molar refractivity (Wildman–Crippen MR) is 155 cm³/mol. The number of fused-ring (bicyclic) bond motifs is 2. The summed E-state index contributed by atoms with van der Waals surface area (Å²) in [7, 11) is 1.86. The summed E-state index contributed by atoms with van der Waals surface area (Å²) in [4.78, 5) is 67.2. The Bertz CT molecular complexity index is 1900. The highest BCUT2D eigenvalue weighted by Gasteiger charge is 2.47. The van der Waals surface area contributed by atoms with E-state index in [2.05, 4.69) is 9.97 Å². The Balaban J connectivity index is 0.999. The van der Waals surface area contributed by atoms with Gasteiger partial charge in [-0.05, 0) is 68.4 Å². The first kappa shape index (κ1) is 28.0. The summed E-state index contributed by atoms with van der Waals surface area (Å²) < 4.78 is 38.2. The number of hydrogen-bond donors (Lipinski definition) is 0. The number of likely N-dealkylation sites (tertiary alicyclic amines) is 2. The molecule has 46 heavy (non-hydrogen) atoms. The van der Waals surface area contributed by atoms with Gasteiger partial charge in [0.15, 0.2) is 11.4 Å². The van der Waals surface area contributed by atoms with Crippen LogP contribution < -0.4 is 0 Å². The lowest BCUT2D eigenvalue weighted by molar-refractivity contribution is -0.0904. The number of carbonyl (C=O) groups is 4. The molecule has 8 rings (SSSR count). The molecule has 2 aromatic carbocycles. The minimum absolute atomic E-state index is 0.0448. The summed E-state index contributed by atoms with van der Waals surface area (Å²) >= 11 is 0. The van der Waals surface area contributed by atoms with E-state index in [0.29, 0.717) is 37.1 Å². The van der Waals surface area contributed by atoms with Gasteiger partial charge >= 0.3 is 0 Å². The average Bonchev–Trinajstić information content (AvgIpc) is 3.65. The molecule has 230 valence electrons. The Morgan fingerprint density at radius 2 is 1.07 bits per heavy atom. The van der Waals surface area contributed by atoms with E-state index < -0.39 is 34.8 Å².